The summed E-state index contributed by atoms with van der Waals surface area (Å²) in [6.45, 7) is 10.1. The Labute approximate surface area is 204 Å². The van der Waals surface area contributed by atoms with Crippen LogP contribution in [0.4, 0.5) is 11.4 Å². The number of benzene rings is 3. The molecule has 0 spiro atoms. The van der Waals surface area contributed by atoms with Gasteiger partial charge >= 0.3 is 0 Å². The first-order valence-corrected chi connectivity index (χ1v) is 11.7. The lowest BCUT2D eigenvalue weighted by molar-refractivity contribution is -0.118. The molecule has 0 saturated carbocycles. The molecule has 34 heavy (non-hydrogen) atoms. The van der Waals surface area contributed by atoms with E-state index in [1.807, 2.05) is 25.1 Å². The molecule has 0 aliphatic rings. The number of ether oxygens (including phenoxy) is 1. The van der Waals surface area contributed by atoms with Crippen LogP contribution in [0.5, 0.6) is 5.75 Å². The average molecular weight is 478 g/mol. The summed E-state index contributed by atoms with van der Waals surface area (Å²) in [5.41, 5.74) is 6.24. The highest BCUT2D eigenvalue weighted by atomic mass is 35.5. The number of carbonyl (C=O) groups excluding carboxylic acids is 1. The summed E-state index contributed by atoms with van der Waals surface area (Å²) in [5.74, 6) is 0.324. The maximum atomic E-state index is 12.4. The normalized spacial score (nSPS) is 11.0. The molecular formula is C26H28ClN5O2. The summed E-state index contributed by atoms with van der Waals surface area (Å²) in [5, 5.41) is 12.9. The van der Waals surface area contributed by atoms with E-state index >= 15 is 0 Å². The summed E-state index contributed by atoms with van der Waals surface area (Å²) >= 11 is 5.88. The number of nitrogens with zero attached hydrogens (tertiary/aromatic N) is 4. The van der Waals surface area contributed by atoms with Gasteiger partial charge in [0.15, 0.2) is 6.61 Å². The number of nitrogens with one attached hydrogen (secondary N) is 1. The molecule has 176 valence electrons. The van der Waals surface area contributed by atoms with Crippen LogP contribution in [0.2, 0.25) is 5.02 Å². The number of fused-ring (bicyclic) bond motifs is 1. The van der Waals surface area contributed by atoms with Crippen molar-refractivity contribution in [1.29, 1.82) is 0 Å². The lowest BCUT2D eigenvalue weighted by Gasteiger charge is -2.22. The predicted octanol–water partition coefficient (Wildman–Crippen LogP) is 5.55. The van der Waals surface area contributed by atoms with Crippen molar-refractivity contribution in [3.8, 4) is 11.4 Å². The fourth-order valence-corrected chi connectivity index (χ4v) is 3.95. The molecule has 0 aliphatic carbocycles. The Morgan fingerprint density at radius 2 is 1.65 bits per heavy atom. The number of hydrogen-bond donors (Lipinski definition) is 1. The van der Waals surface area contributed by atoms with E-state index in [0.29, 0.717) is 22.0 Å². The standard InChI is InChI=1S/C26H28ClN5O2/c1-5-31(6-2)20-9-12-25(18(4)13-20)32-29-23-14-17(3)22(15-24(23)30-32)28-26(33)16-34-21-10-7-19(27)8-11-21/h7-15H,5-6,16H2,1-4H3,(H,28,33). The Hall–Kier alpha value is -3.58. The Morgan fingerprint density at radius 1 is 0.971 bits per heavy atom. The smallest absolute Gasteiger partial charge is 0.262 e. The molecular weight excluding hydrogens is 450 g/mol. The molecule has 0 fully saturated rings. The Morgan fingerprint density at radius 3 is 2.29 bits per heavy atom. The maximum absolute atomic E-state index is 12.4. The van der Waals surface area contributed by atoms with Crippen LogP contribution in [0.25, 0.3) is 16.7 Å². The third-order valence-electron chi connectivity index (χ3n) is 5.71. The molecule has 0 saturated heterocycles. The maximum Gasteiger partial charge on any atom is 0.262 e. The molecule has 7 nitrogen and oxygen atoms in total. The minimum atomic E-state index is -0.257. The van der Waals surface area contributed by atoms with Crippen molar-refractivity contribution in [1.82, 2.24) is 15.0 Å². The van der Waals surface area contributed by atoms with E-state index in [1.54, 1.807) is 29.1 Å². The SMILES string of the molecule is CCN(CC)c1ccc(-n2nc3cc(C)c(NC(=O)COc4ccc(Cl)cc4)cc3n2)c(C)c1. The molecule has 4 rings (SSSR count). The molecule has 1 amide bonds. The number of amides is 1. The van der Waals surface area contributed by atoms with Gasteiger partial charge in [-0.1, -0.05) is 11.6 Å². The van der Waals surface area contributed by atoms with Crippen LogP contribution in [0.1, 0.15) is 25.0 Å². The van der Waals surface area contributed by atoms with Crippen molar-refractivity contribution >= 4 is 39.9 Å². The number of anilines is 2. The number of aryl methyl sites for hydroxylation is 2. The highest BCUT2D eigenvalue weighted by molar-refractivity contribution is 6.30. The van der Waals surface area contributed by atoms with Crippen molar-refractivity contribution in [3.05, 3.63) is 70.7 Å². The molecule has 4 aromatic rings. The first-order valence-electron chi connectivity index (χ1n) is 11.3. The van der Waals surface area contributed by atoms with E-state index in [4.69, 9.17) is 16.3 Å². The second-order valence-corrected chi connectivity index (χ2v) is 8.52. The van der Waals surface area contributed by atoms with E-state index in [-0.39, 0.29) is 12.5 Å². The second kappa shape index (κ2) is 10.1. The molecule has 1 aromatic heterocycles. The van der Waals surface area contributed by atoms with Crippen LogP contribution in [0.3, 0.4) is 0 Å². The Kier molecular flexibility index (Phi) is 7.03. The molecule has 3 aromatic carbocycles. The fourth-order valence-electron chi connectivity index (χ4n) is 3.83. The Bertz CT molecular complexity index is 1310. The lowest BCUT2D eigenvalue weighted by Crippen LogP contribution is -2.21. The van der Waals surface area contributed by atoms with Gasteiger partial charge in [-0.25, -0.2) is 0 Å². The van der Waals surface area contributed by atoms with Crippen LogP contribution in [0.15, 0.2) is 54.6 Å². The predicted molar refractivity (Wildman–Crippen MR) is 137 cm³/mol. The van der Waals surface area contributed by atoms with Gasteiger partial charge in [0.2, 0.25) is 0 Å². The zero-order valence-corrected chi connectivity index (χ0v) is 20.6. The molecule has 0 unspecified atom stereocenters. The fraction of sp³-hybridized carbons (Fsp3) is 0.269. The minimum Gasteiger partial charge on any atom is -0.484 e. The lowest BCUT2D eigenvalue weighted by atomic mass is 10.1. The molecule has 0 radical (unpaired) electrons. The number of aromatic nitrogens is 3. The summed E-state index contributed by atoms with van der Waals surface area (Å²) in [6.07, 6.45) is 0. The molecule has 0 bridgehead atoms. The highest BCUT2D eigenvalue weighted by Crippen LogP contribution is 2.25. The van der Waals surface area contributed by atoms with E-state index in [0.717, 1.165) is 35.4 Å². The van der Waals surface area contributed by atoms with Gasteiger partial charge in [-0.2, -0.15) is 4.80 Å². The molecule has 8 heteroatoms. The van der Waals surface area contributed by atoms with Crippen LogP contribution in [-0.4, -0.2) is 40.6 Å². The van der Waals surface area contributed by atoms with Crippen molar-refractivity contribution in [3.63, 3.8) is 0 Å². The van der Waals surface area contributed by atoms with E-state index in [1.165, 1.54) is 5.69 Å². The second-order valence-electron chi connectivity index (χ2n) is 8.08. The van der Waals surface area contributed by atoms with E-state index in [2.05, 4.69) is 53.3 Å². The van der Waals surface area contributed by atoms with Crippen LogP contribution < -0.4 is 15.0 Å². The first-order chi connectivity index (χ1) is 16.4. The van der Waals surface area contributed by atoms with E-state index in [9.17, 15) is 4.79 Å². The zero-order chi connectivity index (χ0) is 24.2. The largest absolute Gasteiger partial charge is 0.484 e. The highest BCUT2D eigenvalue weighted by Gasteiger charge is 2.13. The van der Waals surface area contributed by atoms with Gasteiger partial charge in [-0.05, 0) is 93.4 Å². The van der Waals surface area contributed by atoms with Gasteiger partial charge in [0.05, 0.1) is 5.69 Å². The summed E-state index contributed by atoms with van der Waals surface area (Å²) < 4.78 is 5.53. The van der Waals surface area contributed by atoms with Gasteiger partial charge in [0.1, 0.15) is 16.8 Å². The van der Waals surface area contributed by atoms with Crippen LogP contribution in [-0.2, 0) is 4.79 Å². The van der Waals surface area contributed by atoms with Crippen LogP contribution >= 0.6 is 11.6 Å². The van der Waals surface area contributed by atoms with Crippen molar-refractivity contribution < 1.29 is 9.53 Å². The molecule has 1 N–H and O–H groups in total. The van der Waals surface area contributed by atoms with Gasteiger partial charge in [0.25, 0.3) is 5.91 Å². The van der Waals surface area contributed by atoms with E-state index < -0.39 is 0 Å². The van der Waals surface area contributed by atoms with Gasteiger partial charge in [0, 0.05) is 29.5 Å². The number of carbonyl (C=O) groups is 1. The first kappa shape index (κ1) is 23.6. The van der Waals surface area contributed by atoms with Crippen molar-refractivity contribution in [2.75, 3.05) is 29.9 Å². The summed E-state index contributed by atoms with van der Waals surface area (Å²) in [4.78, 5) is 16.4. The monoisotopic (exact) mass is 477 g/mol. The van der Waals surface area contributed by atoms with Gasteiger partial charge < -0.3 is 15.0 Å². The molecule has 0 aliphatic heterocycles. The summed E-state index contributed by atoms with van der Waals surface area (Å²) in [7, 11) is 0. The number of rotatable bonds is 8. The third kappa shape index (κ3) is 5.15. The zero-order valence-electron chi connectivity index (χ0n) is 19.8. The Balaban J connectivity index is 1.52. The topological polar surface area (TPSA) is 72.3 Å². The third-order valence-corrected chi connectivity index (χ3v) is 5.96. The average Bonchev–Trinajstić information content (AvgIpc) is 3.22. The van der Waals surface area contributed by atoms with Crippen molar-refractivity contribution in [2.45, 2.75) is 27.7 Å². The number of halogens is 1. The minimum absolute atomic E-state index is 0.107. The van der Waals surface area contributed by atoms with Gasteiger partial charge in [-0.3, -0.25) is 4.79 Å². The number of hydrogen-bond acceptors (Lipinski definition) is 5. The summed E-state index contributed by atoms with van der Waals surface area (Å²) in [6, 6.07) is 17.0. The molecule has 1 heterocycles. The molecule has 0 atom stereocenters. The quantitative estimate of drug-likeness (QED) is 0.360. The van der Waals surface area contributed by atoms with Gasteiger partial charge in [-0.15, -0.1) is 10.2 Å². The van der Waals surface area contributed by atoms with Crippen LogP contribution in [0, 0.1) is 13.8 Å². The van der Waals surface area contributed by atoms with Crippen molar-refractivity contribution in [2.24, 2.45) is 0 Å².